The lowest BCUT2D eigenvalue weighted by Gasteiger charge is -2.09. The van der Waals surface area contributed by atoms with Gasteiger partial charge < -0.3 is 15.4 Å². The maximum atomic E-state index is 12.1. The molecule has 7 heteroatoms. The van der Waals surface area contributed by atoms with Crippen molar-refractivity contribution in [1.29, 1.82) is 0 Å². The molecule has 28 heavy (non-hydrogen) atoms. The van der Waals surface area contributed by atoms with E-state index in [1.54, 1.807) is 30.3 Å². The first-order valence-electron chi connectivity index (χ1n) is 8.74. The number of carbonyl (C=O) groups excluding carboxylic acids is 2. The second-order valence-corrected chi connectivity index (χ2v) is 7.74. The SMILES string of the molecule is O=C(CCCOc1ccccc1Br)Nc1cccc(NC(=O)c2cccs2)c1. The van der Waals surface area contributed by atoms with Crippen LogP contribution < -0.4 is 15.4 Å². The molecule has 0 atom stereocenters. The Labute approximate surface area is 175 Å². The van der Waals surface area contributed by atoms with Gasteiger partial charge in [-0.2, -0.15) is 0 Å². The second-order valence-electron chi connectivity index (χ2n) is 5.94. The molecule has 0 saturated carbocycles. The molecule has 5 nitrogen and oxygen atoms in total. The molecular formula is C21H19BrN2O3S. The Kier molecular flexibility index (Phi) is 7.22. The van der Waals surface area contributed by atoms with Gasteiger partial charge in [-0.15, -0.1) is 11.3 Å². The van der Waals surface area contributed by atoms with Crippen molar-refractivity contribution in [2.45, 2.75) is 12.8 Å². The smallest absolute Gasteiger partial charge is 0.265 e. The molecule has 1 aromatic heterocycles. The van der Waals surface area contributed by atoms with E-state index in [2.05, 4.69) is 26.6 Å². The molecule has 0 bridgehead atoms. The number of thiophene rings is 1. The Balaban J connectivity index is 1.45. The van der Waals surface area contributed by atoms with Crippen molar-refractivity contribution in [1.82, 2.24) is 0 Å². The maximum absolute atomic E-state index is 12.1. The molecule has 3 aromatic rings. The van der Waals surface area contributed by atoms with Crippen LogP contribution in [0.5, 0.6) is 5.75 Å². The molecule has 0 aliphatic carbocycles. The number of rotatable bonds is 8. The topological polar surface area (TPSA) is 67.4 Å². The van der Waals surface area contributed by atoms with Gasteiger partial charge in [0.05, 0.1) is 16.0 Å². The van der Waals surface area contributed by atoms with Crippen LogP contribution in [0.4, 0.5) is 11.4 Å². The van der Waals surface area contributed by atoms with E-state index < -0.39 is 0 Å². The van der Waals surface area contributed by atoms with E-state index in [9.17, 15) is 9.59 Å². The van der Waals surface area contributed by atoms with Crippen LogP contribution in [0.3, 0.4) is 0 Å². The Morgan fingerprint density at radius 2 is 1.75 bits per heavy atom. The Bertz CT molecular complexity index is 944. The van der Waals surface area contributed by atoms with E-state index in [0.717, 1.165) is 10.2 Å². The summed E-state index contributed by atoms with van der Waals surface area (Å²) in [5, 5.41) is 7.53. The molecule has 0 aliphatic heterocycles. The van der Waals surface area contributed by atoms with Crippen LogP contribution in [0.25, 0.3) is 0 Å². The minimum absolute atomic E-state index is 0.0996. The number of hydrogen-bond donors (Lipinski definition) is 2. The van der Waals surface area contributed by atoms with Gasteiger partial charge in [0.25, 0.3) is 5.91 Å². The first-order valence-corrected chi connectivity index (χ1v) is 10.4. The fourth-order valence-electron chi connectivity index (χ4n) is 2.48. The quantitative estimate of drug-likeness (QED) is 0.434. The van der Waals surface area contributed by atoms with Gasteiger partial charge in [-0.25, -0.2) is 0 Å². The predicted octanol–water partition coefficient (Wildman–Crippen LogP) is 5.56. The first-order chi connectivity index (χ1) is 13.6. The van der Waals surface area contributed by atoms with Gasteiger partial charge in [0, 0.05) is 17.8 Å². The minimum Gasteiger partial charge on any atom is -0.492 e. The van der Waals surface area contributed by atoms with Crippen LogP contribution in [0, 0.1) is 0 Å². The fraction of sp³-hybridized carbons (Fsp3) is 0.143. The minimum atomic E-state index is -0.164. The van der Waals surface area contributed by atoms with Crippen LogP contribution in [0.1, 0.15) is 22.5 Å². The average molecular weight is 459 g/mol. The van der Waals surface area contributed by atoms with Gasteiger partial charge in [-0.3, -0.25) is 9.59 Å². The molecule has 0 aliphatic rings. The van der Waals surface area contributed by atoms with Crippen LogP contribution in [0.15, 0.2) is 70.5 Å². The van der Waals surface area contributed by atoms with E-state index >= 15 is 0 Å². The molecule has 2 aromatic carbocycles. The normalized spacial score (nSPS) is 10.3. The van der Waals surface area contributed by atoms with Gasteiger partial charge in [0.15, 0.2) is 0 Å². The third-order valence-electron chi connectivity index (χ3n) is 3.79. The summed E-state index contributed by atoms with van der Waals surface area (Å²) < 4.78 is 6.55. The number of nitrogens with one attached hydrogen (secondary N) is 2. The van der Waals surface area contributed by atoms with Gasteiger partial charge in [-0.05, 0) is 64.1 Å². The number of benzene rings is 2. The lowest BCUT2D eigenvalue weighted by Crippen LogP contribution is -2.14. The first kappa shape index (κ1) is 20.1. The van der Waals surface area contributed by atoms with E-state index in [1.165, 1.54) is 11.3 Å². The number of hydrogen-bond acceptors (Lipinski definition) is 4. The molecule has 1 heterocycles. The van der Waals surface area contributed by atoms with Gasteiger partial charge >= 0.3 is 0 Å². The fourth-order valence-corrected chi connectivity index (χ4v) is 3.49. The summed E-state index contributed by atoms with van der Waals surface area (Å²) in [6.07, 6.45) is 0.943. The summed E-state index contributed by atoms with van der Waals surface area (Å²) in [5.41, 5.74) is 1.27. The largest absolute Gasteiger partial charge is 0.492 e. The Morgan fingerprint density at radius 3 is 2.50 bits per heavy atom. The van der Waals surface area contributed by atoms with Crippen molar-refractivity contribution in [3.05, 3.63) is 75.4 Å². The summed E-state index contributed by atoms with van der Waals surface area (Å²) in [6, 6.07) is 18.3. The van der Waals surface area contributed by atoms with Crippen LogP contribution >= 0.6 is 27.3 Å². The zero-order chi connectivity index (χ0) is 19.8. The van der Waals surface area contributed by atoms with Crippen LogP contribution in [-0.4, -0.2) is 18.4 Å². The highest BCUT2D eigenvalue weighted by Gasteiger charge is 2.08. The van der Waals surface area contributed by atoms with Gasteiger partial charge in [0.1, 0.15) is 5.75 Å². The molecule has 144 valence electrons. The van der Waals surface area contributed by atoms with E-state index in [-0.39, 0.29) is 11.8 Å². The third kappa shape index (κ3) is 5.94. The van der Waals surface area contributed by atoms with Crippen molar-refractivity contribution in [3.8, 4) is 5.75 Å². The molecule has 3 rings (SSSR count). The Morgan fingerprint density at radius 1 is 0.964 bits per heavy atom. The number of ether oxygens (including phenoxy) is 1. The number of para-hydroxylation sites is 1. The second kappa shape index (κ2) is 10.1. The highest BCUT2D eigenvalue weighted by molar-refractivity contribution is 9.10. The molecule has 0 unspecified atom stereocenters. The number of anilines is 2. The number of carbonyl (C=O) groups is 2. The summed E-state index contributed by atoms with van der Waals surface area (Å²) in [6.45, 7) is 0.451. The maximum Gasteiger partial charge on any atom is 0.265 e. The summed E-state index contributed by atoms with van der Waals surface area (Å²) >= 11 is 4.80. The van der Waals surface area contributed by atoms with Gasteiger partial charge in [0.2, 0.25) is 5.91 Å². The lowest BCUT2D eigenvalue weighted by molar-refractivity contribution is -0.116. The zero-order valence-electron chi connectivity index (χ0n) is 15.0. The molecule has 0 radical (unpaired) electrons. The van der Waals surface area contributed by atoms with Crippen molar-refractivity contribution in [2.24, 2.45) is 0 Å². The summed E-state index contributed by atoms with van der Waals surface area (Å²) in [4.78, 5) is 24.9. The molecule has 0 fully saturated rings. The predicted molar refractivity (Wildman–Crippen MR) is 116 cm³/mol. The van der Waals surface area contributed by atoms with Crippen LogP contribution in [0.2, 0.25) is 0 Å². The zero-order valence-corrected chi connectivity index (χ0v) is 17.4. The monoisotopic (exact) mass is 458 g/mol. The number of halogens is 1. The molecule has 0 saturated heterocycles. The van der Waals surface area contributed by atoms with Gasteiger partial charge in [-0.1, -0.05) is 24.3 Å². The van der Waals surface area contributed by atoms with E-state index in [0.29, 0.717) is 35.7 Å². The van der Waals surface area contributed by atoms with E-state index in [4.69, 9.17) is 4.74 Å². The van der Waals surface area contributed by atoms with Crippen molar-refractivity contribution in [2.75, 3.05) is 17.2 Å². The van der Waals surface area contributed by atoms with Crippen molar-refractivity contribution < 1.29 is 14.3 Å². The number of amides is 2. The molecule has 2 N–H and O–H groups in total. The van der Waals surface area contributed by atoms with Crippen LogP contribution in [-0.2, 0) is 4.79 Å². The Hall–Kier alpha value is -2.64. The van der Waals surface area contributed by atoms with Crippen molar-refractivity contribution >= 4 is 50.5 Å². The van der Waals surface area contributed by atoms with Crippen molar-refractivity contribution in [3.63, 3.8) is 0 Å². The third-order valence-corrected chi connectivity index (χ3v) is 5.32. The van der Waals surface area contributed by atoms with E-state index in [1.807, 2.05) is 35.7 Å². The molecule has 2 amide bonds. The molecular weight excluding hydrogens is 440 g/mol. The average Bonchev–Trinajstić information content (AvgIpc) is 3.22. The summed E-state index contributed by atoms with van der Waals surface area (Å²) in [5.74, 6) is 0.497. The molecule has 0 spiro atoms. The summed E-state index contributed by atoms with van der Waals surface area (Å²) in [7, 11) is 0. The highest BCUT2D eigenvalue weighted by Crippen LogP contribution is 2.24. The standard InChI is InChI=1S/C21H19BrN2O3S/c22-17-8-1-2-9-18(17)27-12-4-11-20(25)23-15-6-3-7-16(14-15)24-21(26)19-10-5-13-28-19/h1-3,5-10,13-14H,4,11-12H2,(H,23,25)(H,24,26). The lowest BCUT2D eigenvalue weighted by atomic mass is 10.2. The highest BCUT2D eigenvalue weighted by atomic mass is 79.9.